The van der Waals surface area contributed by atoms with Gasteiger partial charge in [0.05, 0.1) is 25.4 Å². The highest BCUT2D eigenvalue weighted by atomic mass is 32.2. The fraction of sp³-hybridized carbons (Fsp3) is 0.429. The molecule has 45 heavy (non-hydrogen) atoms. The average molecular weight is 637 g/mol. The molecule has 1 fully saturated rings. The minimum absolute atomic E-state index is 0.00364. The molecule has 1 heterocycles. The maximum Gasteiger partial charge on any atom is 0.243 e. The number of hydroxylamine groups is 1. The van der Waals surface area contributed by atoms with Crippen LogP contribution < -0.4 is 10.8 Å². The molecule has 3 unspecified atom stereocenters. The summed E-state index contributed by atoms with van der Waals surface area (Å²) < 4.78 is 12.8. The van der Waals surface area contributed by atoms with E-state index < -0.39 is 6.29 Å². The molecule has 1 saturated heterocycles. The molecule has 9 nitrogen and oxygen atoms in total. The molecule has 3 atom stereocenters. The first-order valence-corrected chi connectivity index (χ1v) is 16.7. The minimum atomic E-state index is -0.545. The first-order valence-electron chi connectivity index (χ1n) is 15.6. The molecule has 3 aromatic rings. The number of nitrogens with one attached hydrogen (secondary N) is 2. The summed E-state index contributed by atoms with van der Waals surface area (Å²) in [7, 11) is 0. The Morgan fingerprint density at radius 1 is 0.822 bits per heavy atom. The zero-order valence-corrected chi connectivity index (χ0v) is 26.3. The van der Waals surface area contributed by atoms with Crippen molar-refractivity contribution in [1.29, 1.82) is 0 Å². The number of rotatable bonds is 17. The normalized spacial score (nSPS) is 18.0. The molecule has 5 N–H and O–H groups in total. The average Bonchev–Trinajstić information content (AvgIpc) is 3.09. The van der Waals surface area contributed by atoms with E-state index in [1.165, 1.54) is 0 Å². The third-order valence-electron chi connectivity index (χ3n) is 7.82. The van der Waals surface area contributed by atoms with Crippen molar-refractivity contribution in [3.8, 4) is 11.1 Å². The van der Waals surface area contributed by atoms with Crippen LogP contribution in [0.15, 0.2) is 72.8 Å². The van der Waals surface area contributed by atoms with Gasteiger partial charge in [0, 0.05) is 42.9 Å². The van der Waals surface area contributed by atoms with Gasteiger partial charge in [-0.2, -0.15) is 11.8 Å². The second-order valence-corrected chi connectivity index (χ2v) is 12.3. The van der Waals surface area contributed by atoms with E-state index in [-0.39, 0.29) is 43.7 Å². The molecule has 0 aliphatic carbocycles. The van der Waals surface area contributed by atoms with Crippen LogP contribution in [0.3, 0.4) is 0 Å². The van der Waals surface area contributed by atoms with Gasteiger partial charge >= 0.3 is 0 Å². The summed E-state index contributed by atoms with van der Waals surface area (Å²) in [4.78, 5) is 23.6. The van der Waals surface area contributed by atoms with Crippen LogP contribution in [0.4, 0.5) is 0 Å². The molecule has 0 spiro atoms. The fourth-order valence-corrected chi connectivity index (χ4v) is 6.11. The Kier molecular flexibility index (Phi) is 14.4. The minimum Gasteiger partial charge on any atom is -0.396 e. The molecule has 0 aromatic heterocycles. The van der Waals surface area contributed by atoms with Crippen LogP contribution >= 0.6 is 11.8 Å². The summed E-state index contributed by atoms with van der Waals surface area (Å²) in [6, 6.07) is 24.0. The highest BCUT2D eigenvalue weighted by Gasteiger charge is 2.32. The summed E-state index contributed by atoms with van der Waals surface area (Å²) in [6.07, 6.45) is 3.78. The zero-order valence-electron chi connectivity index (χ0n) is 25.5. The first kappa shape index (κ1) is 34.6. The smallest absolute Gasteiger partial charge is 0.243 e. The lowest BCUT2D eigenvalue weighted by Gasteiger charge is -2.36. The number of ether oxygens (including phenoxy) is 2. The van der Waals surface area contributed by atoms with Gasteiger partial charge in [-0.15, -0.1) is 0 Å². The number of amides is 2. The first-order chi connectivity index (χ1) is 22.0. The van der Waals surface area contributed by atoms with Crippen LogP contribution in [-0.4, -0.2) is 51.5 Å². The Hall–Kier alpha value is -3.25. The van der Waals surface area contributed by atoms with E-state index >= 15 is 0 Å². The second kappa shape index (κ2) is 18.7. The van der Waals surface area contributed by atoms with Crippen molar-refractivity contribution in [3.05, 3.63) is 95.1 Å². The van der Waals surface area contributed by atoms with E-state index in [1.54, 1.807) is 17.2 Å². The molecule has 0 saturated carbocycles. The van der Waals surface area contributed by atoms with Gasteiger partial charge in [0.25, 0.3) is 0 Å². The summed E-state index contributed by atoms with van der Waals surface area (Å²) in [6.45, 7) is 0.549. The molecule has 2 amide bonds. The van der Waals surface area contributed by atoms with E-state index in [1.807, 2.05) is 60.7 Å². The number of carbonyl (C=O) groups is 2. The number of hydrogen-bond acceptors (Lipinski definition) is 8. The van der Waals surface area contributed by atoms with Crippen LogP contribution in [0, 0.1) is 0 Å². The quantitative estimate of drug-likeness (QED) is 0.0736. The van der Waals surface area contributed by atoms with Crippen molar-refractivity contribution < 1.29 is 34.5 Å². The van der Waals surface area contributed by atoms with Gasteiger partial charge in [-0.05, 0) is 40.7 Å². The van der Waals surface area contributed by atoms with Crippen molar-refractivity contribution in [2.75, 3.05) is 18.1 Å². The molecular weight excluding hydrogens is 592 g/mol. The Morgan fingerprint density at radius 2 is 1.51 bits per heavy atom. The number of thioether (sulfide) groups is 1. The Labute approximate surface area is 269 Å². The van der Waals surface area contributed by atoms with Gasteiger partial charge in [0.2, 0.25) is 11.8 Å². The molecule has 1 aliphatic rings. The number of carbonyl (C=O) groups excluding carboxylic acids is 2. The lowest BCUT2D eigenvalue weighted by Crippen LogP contribution is -2.31. The maximum atomic E-state index is 12.5. The standard InChI is InChI=1S/C35H44N2O7S/c38-19-20-45-24-30-21-32(27-13-11-25(23-39)12-14-27)44-35(43-30)28-17-15-26(16-18-28)31-8-6-5-7-29(31)22-36-33(40)9-3-1-2-4-10-34(41)37-42/h5-8,11-18,30,32,35,38-39,42H,1-4,9-10,19-24H2,(H,36,40)(H,37,41). The maximum absolute atomic E-state index is 12.5. The Balaban J connectivity index is 1.36. The van der Waals surface area contributed by atoms with Crippen LogP contribution in [0.25, 0.3) is 11.1 Å². The van der Waals surface area contributed by atoms with E-state index in [2.05, 4.69) is 17.4 Å². The van der Waals surface area contributed by atoms with Crippen LogP contribution in [0.1, 0.15) is 79.6 Å². The van der Waals surface area contributed by atoms with E-state index in [0.717, 1.165) is 58.4 Å². The van der Waals surface area contributed by atoms with Crippen molar-refractivity contribution in [1.82, 2.24) is 10.8 Å². The largest absolute Gasteiger partial charge is 0.396 e. The van der Waals surface area contributed by atoms with Gasteiger partial charge in [0.1, 0.15) is 0 Å². The third-order valence-corrected chi connectivity index (χ3v) is 8.90. The Bertz CT molecular complexity index is 1340. The lowest BCUT2D eigenvalue weighted by atomic mass is 9.97. The van der Waals surface area contributed by atoms with E-state index in [4.69, 9.17) is 14.7 Å². The predicted molar refractivity (Wildman–Crippen MR) is 174 cm³/mol. The highest BCUT2D eigenvalue weighted by Crippen LogP contribution is 2.39. The molecule has 4 rings (SSSR count). The monoisotopic (exact) mass is 636 g/mol. The summed E-state index contributed by atoms with van der Waals surface area (Å²) in [5.74, 6) is 1.02. The SMILES string of the molecule is O=C(CCCCCCC(=O)NCc1ccccc1-c1ccc(C2OC(CSCCO)CC(c3ccc(CO)cc3)O2)cc1)NO. The van der Waals surface area contributed by atoms with Gasteiger partial charge < -0.3 is 25.0 Å². The molecule has 0 radical (unpaired) electrons. The molecular formula is C35H44N2O7S. The third kappa shape index (κ3) is 11.0. The van der Waals surface area contributed by atoms with Crippen molar-refractivity contribution in [2.24, 2.45) is 0 Å². The van der Waals surface area contributed by atoms with Crippen molar-refractivity contribution in [3.63, 3.8) is 0 Å². The topological polar surface area (TPSA) is 137 Å². The van der Waals surface area contributed by atoms with Crippen LogP contribution in [0.2, 0.25) is 0 Å². The molecule has 10 heteroatoms. The van der Waals surface area contributed by atoms with Gasteiger partial charge in [-0.3, -0.25) is 14.8 Å². The van der Waals surface area contributed by atoms with Crippen LogP contribution in [0.5, 0.6) is 0 Å². The van der Waals surface area contributed by atoms with E-state index in [9.17, 15) is 19.8 Å². The number of hydrogen-bond donors (Lipinski definition) is 5. The van der Waals surface area contributed by atoms with Crippen molar-refractivity contribution >= 4 is 23.6 Å². The number of benzene rings is 3. The Morgan fingerprint density at radius 3 is 2.20 bits per heavy atom. The lowest BCUT2D eigenvalue weighted by molar-refractivity contribution is -0.245. The summed E-state index contributed by atoms with van der Waals surface area (Å²) in [5.41, 5.74) is 7.52. The zero-order chi connectivity index (χ0) is 31.9. The molecule has 1 aliphatic heterocycles. The second-order valence-electron chi connectivity index (χ2n) is 11.2. The number of unbranched alkanes of at least 4 members (excludes halogenated alkanes) is 3. The highest BCUT2D eigenvalue weighted by molar-refractivity contribution is 7.99. The number of aliphatic hydroxyl groups excluding tert-OH is 2. The summed E-state index contributed by atoms with van der Waals surface area (Å²) >= 11 is 1.66. The van der Waals surface area contributed by atoms with Gasteiger partial charge in [-0.1, -0.05) is 85.6 Å². The molecule has 242 valence electrons. The summed E-state index contributed by atoms with van der Waals surface area (Å²) in [5, 5.41) is 30.3. The number of aliphatic hydroxyl groups is 2. The van der Waals surface area contributed by atoms with Crippen molar-refractivity contribution in [2.45, 2.75) is 76.6 Å². The van der Waals surface area contributed by atoms with E-state index in [0.29, 0.717) is 31.6 Å². The fourth-order valence-electron chi connectivity index (χ4n) is 5.34. The van der Waals surface area contributed by atoms with Crippen LogP contribution in [-0.2, 0) is 32.2 Å². The van der Waals surface area contributed by atoms with Gasteiger partial charge in [-0.25, -0.2) is 5.48 Å². The van der Waals surface area contributed by atoms with Gasteiger partial charge in [0.15, 0.2) is 6.29 Å². The predicted octanol–water partition coefficient (Wildman–Crippen LogP) is 5.58. The molecule has 3 aromatic carbocycles. The molecule has 0 bridgehead atoms.